The number of aromatic nitrogens is 1. The minimum atomic E-state index is -0.795. The number of amides is 2. The molecule has 23 heavy (non-hydrogen) atoms. The lowest BCUT2D eigenvalue weighted by Crippen LogP contribution is -2.32. The van der Waals surface area contributed by atoms with Crippen LogP contribution in [-0.4, -0.2) is 27.8 Å². The van der Waals surface area contributed by atoms with Gasteiger partial charge in [0.25, 0.3) is 11.8 Å². The number of carbonyl (C=O) groups excluding carboxylic acids is 3. The Labute approximate surface area is 133 Å². The van der Waals surface area contributed by atoms with Gasteiger partial charge in [-0.15, -0.1) is 11.3 Å². The van der Waals surface area contributed by atoms with Crippen LogP contribution in [0.3, 0.4) is 0 Å². The molecule has 3 aromatic rings. The van der Waals surface area contributed by atoms with E-state index >= 15 is 0 Å². The second kappa shape index (κ2) is 4.99. The third-order valence-corrected chi connectivity index (χ3v) is 4.38. The van der Waals surface area contributed by atoms with Crippen molar-refractivity contribution in [2.24, 2.45) is 0 Å². The molecule has 7 heteroatoms. The molecule has 1 aromatic carbocycles. The van der Waals surface area contributed by atoms with Crippen molar-refractivity contribution >= 4 is 39.2 Å². The van der Waals surface area contributed by atoms with Crippen molar-refractivity contribution < 1.29 is 19.2 Å². The van der Waals surface area contributed by atoms with E-state index in [1.54, 1.807) is 24.4 Å². The van der Waals surface area contributed by atoms with Crippen molar-refractivity contribution in [3.8, 4) is 0 Å². The Morgan fingerprint density at radius 3 is 2.43 bits per heavy atom. The molecule has 112 valence electrons. The molecular weight excluding hydrogens is 316 g/mol. The van der Waals surface area contributed by atoms with Gasteiger partial charge in [-0.25, -0.2) is 4.79 Å². The second-order valence-corrected chi connectivity index (χ2v) is 5.80. The van der Waals surface area contributed by atoms with Crippen molar-refractivity contribution in [3.63, 3.8) is 0 Å². The van der Waals surface area contributed by atoms with Gasteiger partial charge in [-0.1, -0.05) is 17.2 Å². The van der Waals surface area contributed by atoms with Gasteiger partial charge >= 0.3 is 5.97 Å². The van der Waals surface area contributed by atoms with E-state index < -0.39 is 17.8 Å². The van der Waals surface area contributed by atoms with Crippen LogP contribution < -0.4 is 0 Å². The Balaban J connectivity index is 1.67. The topological polar surface area (TPSA) is 76.6 Å². The van der Waals surface area contributed by atoms with Gasteiger partial charge in [0, 0.05) is 17.8 Å². The molecule has 2 aromatic heterocycles. The van der Waals surface area contributed by atoms with E-state index in [1.165, 1.54) is 29.7 Å². The maximum absolute atomic E-state index is 12.4. The van der Waals surface area contributed by atoms with E-state index in [4.69, 9.17) is 4.84 Å². The highest BCUT2D eigenvalue weighted by Crippen LogP contribution is 2.26. The van der Waals surface area contributed by atoms with Crippen LogP contribution in [0, 0.1) is 0 Å². The molecule has 0 atom stereocenters. The van der Waals surface area contributed by atoms with Crippen molar-refractivity contribution in [1.82, 2.24) is 10.0 Å². The first-order chi connectivity index (χ1) is 11.2. The van der Waals surface area contributed by atoms with Gasteiger partial charge in [-0.2, -0.15) is 0 Å². The zero-order chi connectivity index (χ0) is 16.0. The number of nitrogens with zero attached hydrogens (tertiary/aromatic N) is 2. The first kappa shape index (κ1) is 13.6. The second-order valence-electron chi connectivity index (χ2n) is 4.85. The molecule has 0 radical (unpaired) electrons. The Bertz CT molecular complexity index is 944. The van der Waals surface area contributed by atoms with Crippen molar-refractivity contribution in [2.45, 2.75) is 0 Å². The summed E-state index contributed by atoms with van der Waals surface area (Å²) in [7, 11) is 0. The highest BCUT2D eigenvalue weighted by Gasteiger charge is 2.39. The van der Waals surface area contributed by atoms with Gasteiger partial charge in [-0.3, -0.25) is 14.6 Å². The Morgan fingerprint density at radius 2 is 1.74 bits per heavy atom. The molecule has 1 aliphatic heterocycles. The number of thiophene rings is 1. The predicted octanol–water partition coefficient (Wildman–Crippen LogP) is 2.66. The van der Waals surface area contributed by atoms with E-state index in [0.29, 0.717) is 10.4 Å². The molecule has 4 rings (SSSR count). The summed E-state index contributed by atoms with van der Waals surface area (Å²) in [6.07, 6.45) is 2.99. The maximum atomic E-state index is 12.4. The van der Waals surface area contributed by atoms with Gasteiger partial charge < -0.3 is 4.84 Å². The highest BCUT2D eigenvalue weighted by atomic mass is 32.1. The van der Waals surface area contributed by atoms with Crippen LogP contribution in [0.4, 0.5) is 0 Å². The lowest BCUT2D eigenvalue weighted by molar-refractivity contribution is -0.0583. The molecule has 0 N–H and O–H groups in total. The van der Waals surface area contributed by atoms with Crippen molar-refractivity contribution in [1.29, 1.82) is 0 Å². The maximum Gasteiger partial charge on any atom is 0.366 e. The van der Waals surface area contributed by atoms with Gasteiger partial charge in [-0.05, 0) is 23.6 Å². The Hall–Kier alpha value is -3.06. The molecule has 0 saturated heterocycles. The average molecular weight is 324 g/mol. The number of benzene rings is 1. The quantitative estimate of drug-likeness (QED) is 0.677. The highest BCUT2D eigenvalue weighted by molar-refractivity contribution is 7.17. The Morgan fingerprint density at radius 1 is 1.04 bits per heavy atom. The number of carbonyl (C=O) groups is 3. The number of imide groups is 1. The van der Waals surface area contributed by atoms with Crippen LogP contribution in [0.1, 0.15) is 31.1 Å². The summed E-state index contributed by atoms with van der Waals surface area (Å²) in [6, 6.07) is 8.09. The largest absolute Gasteiger partial charge is 0.366 e. The zero-order valence-electron chi connectivity index (χ0n) is 11.6. The molecule has 6 nitrogen and oxygen atoms in total. The fraction of sp³-hybridized carbons (Fsp3) is 0. The van der Waals surface area contributed by atoms with Crippen LogP contribution in [0.25, 0.3) is 10.1 Å². The lowest BCUT2D eigenvalue weighted by atomic mass is 10.1. The first-order valence-corrected chi connectivity index (χ1v) is 7.56. The van der Waals surface area contributed by atoms with E-state index in [9.17, 15) is 14.4 Å². The third kappa shape index (κ3) is 2.01. The number of rotatable bonds is 2. The van der Waals surface area contributed by atoms with Crippen LogP contribution in [0.2, 0.25) is 0 Å². The molecule has 0 spiro atoms. The smallest absolute Gasteiger partial charge is 0.324 e. The van der Waals surface area contributed by atoms with Gasteiger partial charge in [0.15, 0.2) is 0 Å². The summed E-state index contributed by atoms with van der Waals surface area (Å²) in [4.78, 5) is 45.8. The molecule has 3 heterocycles. The van der Waals surface area contributed by atoms with Crippen LogP contribution in [-0.2, 0) is 4.84 Å². The van der Waals surface area contributed by atoms with Crippen LogP contribution in [0.5, 0.6) is 0 Å². The van der Waals surface area contributed by atoms with Gasteiger partial charge in [0.05, 0.1) is 21.4 Å². The summed E-state index contributed by atoms with van der Waals surface area (Å²) in [5, 5.41) is 3.00. The SMILES string of the molecule is O=C(ON1C(=O)c2ccccc2C1=O)c1cncc2sccc12. The van der Waals surface area contributed by atoms with E-state index in [-0.39, 0.29) is 16.7 Å². The number of fused-ring (bicyclic) bond motifs is 2. The molecule has 0 bridgehead atoms. The number of hydroxylamine groups is 2. The van der Waals surface area contributed by atoms with Crippen molar-refractivity contribution in [2.75, 3.05) is 0 Å². The number of pyridine rings is 1. The van der Waals surface area contributed by atoms with Gasteiger partial charge in [0.1, 0.15) is 0 Å². The van der Waals surface area contributed by atoms with E-state index in [0.717, 1.165) is 4.70 Å². The Kier molecular flexibility index (Phi) is 2.95. The number of hydrogen-bond acceptors (Lipinski definition) is 6. The van der Waals surface area contributed by atoms with E-state index in [1.807, 2.05) is 5.38 Å². The fourth-order valence-electron chi connectivity index (χ4n) is 2.44. The molecular formula is C16H8N2O4S. The van der Waals surface area contributed by atoms with Gasteiger partial charge in [0.2, 0.25) is 0 Å². The summed E-state index contributed by atoms with van der Waals surface area (Å²) < 4.78 is 0.821. The monoisotopic (exact) mass is 324 g/mol. The minimum absolute atomic E-state index is 0.209. The van der Waals surface area contributed by atoms with Crippen LogP contribution in [0.15, 0.2) is 48.1 Å². The fourth-order valence-corrected chi connectivity index (χ4v) is 3.21. The summed E-state index contributed by atoms with van der Waals surface area (Å²) >= 11 is 1.43. The summed E-state index contributed by atoms with van der Waals surface area (Å²) in [5.41, 5.74) is 0.648. The number of hydrogen-bond donors (Lipinski definition) is 0. The van der Waals surface area contributed by atoms with Crippen molar-refractivity contribution in [3.05, 3.63) is 64.8 Å². The lowest BCUT2D eigenvalue weighted by Gasteiger charge is -2.12. The first-order valence-electron chi connectivity index (χ1n) is 6.68. The summed E-state index contributed by atoms with van der Waals surface area (Å²) in [5.74, 6) is -2.09. The normalized spacial score (nSPS) is 13.5. The minimum Gasteiger partial charge on any atom is -0.324 e. The van der Waals surface area contributed by atoms with E-state index in [2.05, 4.69) is 4.98 Å². The standard InChI is InChI=1S/C16H8N2O4S/c19-14-10-3-1-2-4-11(10)15(20)18(14)22-16(21)12-7-17-8-13-9(12)5-6-23-13/h1-8H. The molecule has 0 fully saturated rings. The summed E-state index contributed by atoms with van der Waals surface area (Å²) in [6.45, 7) is 0. The molecule has 2 amide bonds. The predicted molar refractivity (Wildman–Crippen MR) is 82.0 cm³/mol. The average Bonchev–Trinajstić information content (AvgIpc) is 3.14. The van der Waals surface area contributed by atoms with Crippen LogP contribution >= 0.6 is 11.3 Å². The molecule has 0 saturated carbocycles. The zero-order valence-corrected chi connectivity index (χ0v) is 12.4. The molecule has 0 unspecified atom stereocenters. The third-order valence-electron chi connectivity index (χ3n) is 3.53. The molecule has 1 aliphatic rings. The molecule has 0 aliphatic carbocycles.